The van der Waals surface area contributed by atoms with Crippen molar-refractivity contribution in [2.75, 3.05) is 11.9 Å². The highest BCUT2D eigenvalue weighted by Gasteiger charge is 2.48. The van der Waals surface area contributed by atoms with E-state index in [-0.39, 0.29) is 34.2 Å². The van der Waals surface area contributed by atoms with Gasteiger partial charge in [0.25, 0.3) is 5.91 Å². The molecule has 162 valence electrons. The summed E-state index contributed by atoms with van der Waals surface area (Å²) in [6.45, 7) is 0.824. The molecule has 30 heavy (non-hydrogen) atoms. The molecule has 0 aromatic heterocycles. The van der Waals surface area contributed by atoms with Gasteiger partial charge in [-0.1, -0.05) is 12.8 Å². The summed E-state index contributed by atoms with van der Waals surface area (Å²) in [5.41, 5.74) is 0.282. The highest BCUT2D eigenvalue weighted by Crippen LogP contribution is 2.37. The van der Waals surface area contributed by atoms with Crippen LogP contribution in [-0.2, 0) is 33.9 Å². The smallest absolute Gasteiger partial charge is 0.326 e. The second kappa shape index (κ2) is 8.52. The predicted octanol–water partition coefficient (Wildman–Crippen LogP) is 0.379. The zero-order valence-corrected chi connectivity index (χ0v) is 17.2. The molecule has 2 aliphatic rings. The van der Waals surface area contributed by atoms with Crippen LogP contribution < -0.4 is 10.5 Å². The first-order valence-electron chi connectivity index (χ1n) is 9.56. The molecule has 10 nitrogen and oxygen atoms in total. The molecule has 0 unspecified atom stereocenters. The fourth-order valence-electron chi connectivity index (χ4n) is 3.78. The lowest BCUT2D eigenvalue weighted by Crippen LogP contribution is -2.39. The number of sulfonamides is 1. The van der Waals surface area contributed by atoms with E-state index >= 15 is 0 Å². The van der Waals surface area contributed by atoms with Crippen molar-refractivity contribution >= 4 is 39.4 Å². The number of esters is 1. The van der Waals surface area contributed by atoms with Crippen LogP contribution in [0, 0.1) is 11.8 Å². The van der Waals surface area contributed by atoms with Crippen LogP contribution in [0.3, 0.4) is 0 Å². The summed E-state index contributed by atoms with van der Waals surface area (Å²) in [5, 5.41) is 7.49. The highest BCUT2D eigenvalue weighted by atomic mass is 32.2. The summed E-state index contributed by atoms with van der Waals surface area (Å²) in [5.74, 6) is -2.94. The Kier molecular flexibility index (Phi) is 6.22. The van der Waals surface area contributed by atoms with Crippen LogP contribution in [0.2, 0.25) is 0 Å². The molecule has 1 aromatic carbocycles. The van der Waals surface area contributed by atoms with Crippen LogP contribution >= 0.6 is 0 Å². The summed E-state index contributed by atoms with van der Waals surface area (Å²) < 4.78 is 27.6. The number of carbonyl (C=O) groups excluding carboxylic acids is 4. The Labute approximate surface area is 173 Å². The quantitative estimate of drug-likeness (QED) is 0.482. The minimum atomic E-state index is -3.85. The Morgan fingerprint density at radius 1 is 1.13 bits per heavy atom. The summed E-state index contributed by atoms with van der Waals surface area (Å²) in [6, 6.07) is 5.14. The van der Waals surface area contributed by atoms with Gasteiger partial charge in [-0.25, -0.2) is 13.6 Å². The molecule has 0 radical (unpaired) electrons. The molecule has 1 aliphatic heterocycles. The zero-order valence-electron chi connectivity index (χ0n) is 16.4. The van der Waals surface area contributed by atoms with Crippen LogP contribution in [0.4, 0.5) is 5.69 Å². The SMILES string of the molecule is C[C@H](OC(=O)CN1C(=O)[C@H]2CCCC[C@@H]2C1=O)C(=O)Nc1ccc(S(N)(=O)=O)cc1. The van der Waals surface area contributed by atoms with E-state index in [0.717, 1.165) is 17.7 Å². The lowest BCUT2D eigenvalue weighted by Gasteiger charge is -2.19. The van der Waals surface area contributed by atoms with Gasteiger partial charge in [-0.3, -0.25) is 24.1 Å². The van der Waals surface area contributed by atoms with Gasteiger partial charge in [0.15, 0.2) is 6.10 Å². The number of imide groups is 1. The Bertz CT molecular complexity index is 950. The Balaban J connectivity index is 1.54. The van der Waals surface area contributed by atoms with E-state index in [9.17, 15) is 27.6 Å². The number of anilines is 1. The van der Waals surface area contributed by atoms with Crippen molar-refractivity contribution in [2.45, 2.75) is 43.6 Å². The maximum Gasteiger partial charge on any atom is 0.326 e. The van der Waals surface area contributed by atoms with Gasteiger partial charge in [-0.2, -0.15) is 0 Å². The number of rotatable bonds is 6. The number of nitrogens with two attached hydrogens (primary N) is 1. The average Bonchev–Trinajstić information content (AvgIpc) is 2.93. The van der Waals surface area contributed by atoms with Crippen LogP contribution in [-0.4, -0.2) is 49.7 Å². The Morgan fingerprint density at radius 2 is 1.67 bits per heavy atom. The van der Waals surface area contributed by atoms with Gasteiger partial charge < -0.3 is 10.1 Å². The minimum absolute atomic E-state index is 0.111. The van der Waals surface area contributed by atoms with Gasteiger partial charge in [0, 0.05) is 5.69 Å². The lowest BCUT2D eigenvalue weighted by atomic mass is 9.81. The number of hydrogen-bond acceptors (Lipinski definition) is 7. The monoisotopic (exact) mass is 437 g/mol. The molecule has 2 fully saturated rings. The molecule has 0 spiro atoms. The topological polar surface area (TPSA) is 153 Å². The van der Waals surface area contributed by atoms with Crippen LogP contribution in [0.1, 0.15) is 32.6 Å². The van der Waals surface area contributed by atoms with Crippen LogP contribution in [0.15, 0.2) is 29.2 Å². The van der Waals surface area contributed by atoms with E-state index in [1.165, 1.54) is 31.2 Å². The molecule has 3 atom stereocenters. The maximum absolute atomic E-state index is 12.4. The van der Waals surface area contributed by atoms with E-state index < -0.39 is 34.5 Å². The Morgan fingerprint density at radius 3 is 2.17 bits per heavy atom. The number of likely N-dealkylation sites (tertiary alicyclic amines) is 1. The molecule has 1 saturated carbocycles. The van der Waals surface area contributed by atoms with Gasteiger partial charge in [0.1, 0.15) is 6.54 Å². The summed E-state index contributed by atoms with van der Waals surface area (Å²) in [6.07, 6.45) is 1.86. The third-order valence-electron chi connectivity index (χ3n) is 5.35. The molecule has 1 heterocycles. The molecule has 1 saturated heterocycles. The average molecular weight is 437 g/mol. The number of benzene rings is 1. The first-order chi connectivity index (χ1) is 14.1. The third-order valence-corrected chi connectivity index (χ3v) is 6.28. The molecule has 1 aliphatic carbocycles. The van der Waals surface area contributed by atoms with Crippen molar-refractivity contribution < 1.29 is 32.3 Å². The molecular weight excluding hydrogens is 414 g/mol. The van der Waals surface area contributed by atoms with Crippen molar-refractivity contribution in [3.05, 3.63) is 24.3 Å². The predicted molar refractivity (Wildman–Crippen MR) is 104 cm³/mol. The second-order valence-electron chi connectivity index (χ2n) is 7.45. The van der Waals surface area contributed by atoms with E-state index in [1.807, 2.05) is 0 Å². The molecule has 3 N–H and O–H groups in total. The Hall–Kier alpha value is -2.79. The molecular formula is C19H23N3O7S. The summed E-state index contributed by atoms with van der Waals surface area (Å²) in [7, 11) is -3.85. The van der Waals surface area contributed by atoms with Crippen molar-refractivity contribution in [3.63, 3.8) is 0 Å². The van der Waals surface area contributed by atoms with Gasteiger partial charge >= 0.3 is 5.97 Å². The zero-order chi connectivity index (χ0) is 22.1. The first kappa shape index (κ1) is 21.9. The third kappa shape index (κ3) is 4.68. The number of carbonyl (C=O) groups is 4. The molecule has 0 bridgehead atoms. The standard InChI is InChI=1S/C19H23N3O7S/c1-11(17(24)21-12-6-8-13(9-7-12)30(20,27)28)29-16(23)10-22-18(25)14-4-2-3-5-15(14)19(22)26/h6-9,11,14-15H,2-5,10H2,1H3,(H,21,24)(H2,20,27,28)/t11-,14-,15-/m0/s1. The second-order valence-corrected chi connectivity index (χ2v) is 9.01. The number of nitrogens with zero attached hydrogens (tertiary/aromatic N) is 1. The number of amides is 3. The van der Waals surface area contributed by atoms with Gasteiger partial charge in [0.05, 0.1) is 16.7 Å². The largest absolute Gasteiger partial charge is 0.451 e. The summed E-state index contributed by atoms with van der Waals surface area (Å²) >= 11 is 0. The fraction of sp³-hybridized carbons (Fsp3) is 0.474. The van der Waals surface area contributed by atoms with E-state index in [4.69, 9.17) is 9.88 Å². The van der Waals surface area contributed by atoms with Crippen molar-refractivity contribution in [1.29, 1.82) is 0 Å². The fourth-order valence-corrected chi connectivity index (χ4v) is 4.29. The molecule has 3 amide bonds. The van der Waals surface area contributed by atoms with E-state index in [1.54, 1.807) is 0 Å². The molecule has 11 heteroatoms. The van der Waals surface area contributed by atoms with Gasteiger partial charge in [-0.05, 0) is 44.0 Å². The normalized spacial score (nSPS) is 22.4. The van der Waals surface area contributed by atoms with E-state index in [2.05, 4.69) is 5.32 Å². The first-order valence-corrected chi connectivity index (χ1v) is 11.1. The number of primary sulfonamides is 1. The highest BCUT2D eigenvalue weighted by molar-refractivity contribution is 7.89. The molecule has 3 rings (SSSR count). The van der Waals surface area contributed by atoms with Crippen LogP contribution in [0.5, 0.6) is 0 Å². The lowest BCUT2D eigenvalue weighted by molar-refractivity contribution is -0.158. The minimum Gasteiger partial charge on any atom is -0.451 e. The number of hydrogen-bond donors (Lipinski definition) is 2. The van der Waals surface area contributed by atoms with Gasteiger partial charge in [0.2, 0.25) is 21.8 Å². The van der Waals surface area contributed by atoms with Crippen molar-refractivity contribution in [3.8, 4) is 0 Å². The van der Waals surface area contributed by atoms with Gasteiger partial charge in [-0.15, -0.1) is 0 Å². The number of fused-ring (bicyclic) bond motifs is 1. The van der Waals surface area contributed by atoms with E-state index in [0.29, 0.717) is 12.8 Å². The van der Waals surface area contributed by atoms with Crippen molar-refractivity contribution in [2.24, 2.45) is 17.0 Å². The number of nitrogens with one attached hydrogen (secondary N) is 1. The summed E-state index contributed by atoms with van der Waals surface area (Å²) in [4.78, 5) is 50.1. The maximum atomic E-state index is 12.4. The van der Waals surface area contributed by atoms with Crippen LogP contribution in [0.25, 0.3) is 0 Å². The van der Waals surface area contributed by atoms with Crippen molar-refractivity contribution in [1.82, 2.24) is 4.90 Å². The molecule has 1 aromatic rings. The number of ether oxygens (including phenoxy) is 1.